The molecule has 3 unspecified atom stereocenters. The molecule has 4 nitrogen and oxygen atoms in total. The van der Waals surface area contributed by atoms with Crippen molar-refractivity contribution >= 4 is 5.69 Å². The first kappa shape index (κ1) is 19.2. The molecule has 0 spiro atoms. The molecule has 1 saturated heterocycles. The molecule has 0 radical (unpaired) electrons. The minimum atomic E-state index is 0.260. The normalized spacial score (nSPS) is 22.5. The van der Waals surface area contributed by atoms with Crippen molar-refractivity contribution < 1.29 is 4.74 Å². The summed E-state index contributed by atoms with van der Waals surface area (Å²) in [7, 11) is 1.74. The molecule has 0 bridgehead atoms. The van der Waals surface area contributed by atoms with Crippen molar-refractivity contribution in [2.75, 3.05) is 18.6 Å². The van der Waals surface area contributed by atoms with Gasteiger partial charge in [-0.15, -0.1) is 0 Å². The zero-order valence-electron chi connectivity index (χ0n) is 17.9. The van der Waals surface area contributed by atoms with Gasteiger partial charge in [0.25, 0.3) is 0 Å². The molecule has 0 saturated carbocycles. The Morgan fingerprint density at radius 1 is 0.867 bits per heavy atom. The molecule has 3 atom stereocenters. The average molecular weight is 400 g/mol. The van der Waals surface area contributed by atoms with E-state index >= 15 is 0 Å². The second-order valence-corrected chi connectivity index (χ2v) is 8.61. The summed E-state index contributed by atoms with van der Waals surface area (Å²) in [6.07, 6.45) is 0. The molecule has 5 rings (SSSR count). The van der Waals surface area contributed by atoms with Crippen LogP contribution in [0.25, 0.3) is 0 Å². The molecule has 4 heteroatoms. The third kappa shape index (κ3) is 3.47. The summed E-state index contributed by atoms with van der Waals surface area (Å²) in [6, 6.07) is 24.8. The van der Waals surface area contributed by atoms with Gasteiger partial charge >= 0.3 is 0 Å². The zero-order chi connectivity index (χ0) is 20.7. The van der Waals surface area contributed by atoms with Crippen molar-refractivity contribution in [3.63, 3.8) is 0 Å². The van der Waals surface area contributed by atoms with Gasteiger partial charge < -0.3 is 9.64 Å². The van der Waals surface area contributed by atoms with Crippen LogP contribution < -0.4 is 20.5 Å². The highest BCUT2D eigenvalue weighted by Gasteiger charge is 2.43. The maximum atomic E-state index is 5.55. The number of rotatable bonds is 4. The third-order valence-electron chi connectivity index (χ3n) is 6.52. The molecule has 2 aliphatic rings. The van der Waals surface area contributed by atoms with Crippen molar-refractivity contribution in [3.05, 3.63) is 94.5 Å². The summed E-state index contributed by atoms with van der Waals surface area (Å²) >= 11 is 0. The van der Waals surface area contributed by atoms with Crippen LogP contribution in [0.2, 0.25) is 0 Å². The topological polar surface area (TPSA) is 36.5 Å². The monoisotopic (exact) mass is 399 g/mol. The predicted octanol–water partition coefficient (Wildman–Crippen LogP) is 4.84. The van der Waals surface area contributed by atoms with Crippen molar-refractivity contribution in [2.45, 2.75) is 32.5 Å². The largest absolute Gasteiger partial charge is 0.497 e. The smallest absolute Gasteiger partial charge is 0.119 e. The fourth-order valence-electron chi connectivity index (χ4n) is 4.82. The van der Waals surface area contributed by atoms with Crippen LogP contribution in [0.15, 0.2) is 66.7 Å². The van der Waals surface area contributed by atoms with Crippen molar-refractivity contribution in [1.82, 2.24) is 10.9 Å². The summed E-state index contributed by atoms with van der Waals surface area (Å²) in [5.41, 5.74) is 15.0. The number of benzene rings is 3. The van der Waals surface area contributed by atoms with Gasteiger partial charge in [0, 0.05) is 24.7 Å². The summed E-state index contributed by atoms with van der Waals surface area (Å²) in [6.45, 7) is 6.18. The van der Waals surface area contributed by atoms with E-state index in [2.05, 4.69) is 96.3 Å². The highest BCUT2D eigenvalue weighted by atomic mass is 16.5. The Bertz CT molecular complexity index is 1030. The van der Waals surface area contributed by atoms with Crippen LogP contribution >= 0.6 is 0 Å². The fourth-order valence-corrected chi connectivity index (χ4v) is 4.82. The molecule has 2 heterocycles. The van der Waals surface area contributed by atoms with Crippen molar-refractivity contribution in [3.8, 4) is 5.75 Å². The van der Waals surface area contributed by atoms with Crippen LogP contribution in [-0.2, 0) is 6.54 Å². The number of nitrogens with zero attached hydrogens (tertiary/aromatic N) is 1. The first-order chi connectivity index (χ1) is 14.6. The third-order valence-corrected chi connectivity index (χ3v) is 6.52. The molecular formula is C26H29N3O. The Morgan fingerprint density at radius 3 is 2.23 bits per heavy atom. The Kier molecular flexibility index (Phi) is 4.97. The molecule has 0 aliphatic carbocycles. The van der Waals surface area contributed by atoms with E-state index in [1.165, 1.54) is 33.5 Å². The molecular weight excluding hydrogens is 370 g/mol. The molecule has 2 N–H and O–H groups in total. The lowest BCUT2D eigenvalue weighted by atomic mass is 9.81. The number of fused-ring (bicyclic) bond motifs is 3. The minimum absolute atomic E-state index is 0.260. The highest BCUT2D eigenvalue weighted by molar-refractivity contribution is 5.61. The van der Waals surface area contributed by atoms with Gasteiger partial charge in [0.15, 0.2) is 0 Å². The van der Waals surface area contributed by atoms with E-state index < -0.39 is 0 Å². The molecule has 30 heavy (non-hydrogen) atoms. The van der Waals surface area contributed by atoms with Crippen LogP contribution in [0, 0.1) is 19.8 Å². The predicted molar refractivity (Wildman–Crippen MR) is 122 cm³/mol. The second-order valence-electron chi connectivity index (χ2n) is 8.61. The quantitative estimate of drug-likeness (QED) is 0.658. The van der Waals surface area contributed by atoms with Gasteiger partial charge in [0.1, 0.15) is 5.75 Å². The standard InChI is InChI=1S/C26H29N3O/c1-17-4-8-19(9-5-17)15-29-16-23-25(20-10-6-18(2)7-11-20)27-28-26(23)22-14-21(30-3)12-13-24(22)29/h4-14,23,25-28H,15-16H2,1-3H3. The van der Waals surface area contributed by atoms with E-state index in [9.17, 15) is 0 Å². The number of hydrogen-bond acceptors (Lipinski definition) is 4. The lowest BCUT2D eigenvalue weighted by Crippen LogP contribution is -2.39. The summed E-state index contributed by atoms with van der Waals surface area (Å²) in [5.74, 6) is 1.34. The average Bonchev–Trinajstić information content (AvgIpc) is 3.19. The van der Waals surface area contributed by atoms with E-state index in [1.54, 1.807) is 7.11 Å². The number of anilines is 1. The van der Waals surface area contributed by atoms with Crippen molar-refractivity contribution in [1.29, 1.82) is 0 Å². The fraction of sp³-hybridized carbons (Fsp3) is 0.308. The maximum Gasteiger partial charge on any atom is 0.119 e. The zero-order valence-corrected chi connectivity index (χ0v) is 17.9. The number of methoxy groups -OCH3 is 1. The summed E-state index contributed by atoms with van der Waals surface area (Å²) in [5, 5.41) is 0. The first-order valence-electron chi connectivity index (χ1n) is 10.7. The van der Waals surface area contributed by atoms with Crippen LogP contribution in [0.1, 0.15) is 39.9 Å². The maximum absolute atomic E-state index is 5.55. The molecule has 154 valence electrons. The van der Waals surface area contributed by atoms with Gasteiger partial charge in [-0.05, 0) is 48.7 Å². The van der Waals surface area contributed by atoms with E-state index in [1.807, 2.05) is 0 Å². The Morgan fingerprint density at radius 2 is 1.53 bits per heavy atom. The molecule has 3 aromatic rings. The molecule has 1 fully saturated rings. The van der Waals surface area contributed by atoms with Crippen LogP contribution in [0.5, 0.6) is 5.75 Å². The highest BCUT2D eigenvalue weighted by Crippen LogP contribution is 2.46. The van der Waals surface area contributed by atoms with Crippen LogP contribution in [-0.4, -0.2) is 13.7 Å². The number of aryl methyl sites for hydroxylation is 2. The van der Waals surface area contributed by atoms with Gasteiger partial charge in [0.2, 0.25) is 0 Å². The Labute approximate surface area is 178 Å². The van der Waals surface area contributed by atoms with E-state index in [0.29, 0.717) is 5.92 Å². The Balaban J connectivity index is 1.51. The van der Waals surface area contributed by atoms with E-state index in [-0.39, 0.29) is 12.1 Å². The molecule has 2 aliphatic heterocycles. The van der Waals surface area contributed by atoms with Gasteiger partial charge in [-0.1, -0.05) is 59.7 Å². The van der Waals surface area contributed by atoms with Crippen LogP contribution in [0.3, 0.4) is 0 Å². The van der Waals surface area contributed by atoms with Gasteiger partial charge in [0.05, 0.1) is 19.2 Å². The van der Waals surface area contributed by atoms with Gasteiger partial charge in [-0.2, -0.15) is 0 Å². The molecule has 3 aromatic carbocycles. The number of hydrazine groups is 1. The summed E-state index contributed by atoms with van der Waals surface area (Å²) < 4.78 is 5.55. The number of nitrogens with one attached hydrogen (secondary N) is 2. The minimum Gasteiger partial charge on any atom is -0.497 e. The Hall–Kier alpha value is -2.82. The first-order valence-corrected chi connectivity index (χ1v) is 10.7. The lowest BCUT2D eigenvalue weighted by Gasteiger charge is -2.39. The van der Waals surface area contributed by atoms with Crippen LogP contribution in [0.4, 0.5) is 5.69 Å². The van der Waals surface area contributed by atoms with Crippen molar-refractivity contribution in [2.24, 2.45) is 5.92 Å². The SMILES string of the molecule is COc1ccc2c(c1)C1NNC(c3ccc(C)cc3)C1CN2Cc1ccc(C)cc1. The lowest BCUT2D eigenvalue weighted by molar-refractivity contribution is 0.393. The van der Waals surface area contributed by atoms with E-state index in [0.717, 1.165) is 18.8 Å². The number of ether oxygens (including phenoxy) is 1. The second kappa shape index (κ2) is 7.78. The molecule has 0 amide bonds. The van der Waals surface area contributed by atoms with Gasteiger partial charge in [-0.25, -0.2) is 10.9 Å². The van der Waals surface area contributed by atoms with Gasteiger partial charge in [-0.3, -0.25) is 0 Å². The number of hydrogen-bond donors (Lipinski definition) is 2. The summed E-state index contributed by atoms with van der Waals surface area (Å²) in [4.78, 5) is 2.52. The van der Waals surface area contributed by atoms with E-state index in [4.69, 9.17) is 4.74 Å². The molecule has 0 aromatic heterocycles.